The summed E-state index contributed by atoms with van der Waals surface area (Å²) < 4.78 is 39.6. The van der Waals surface area contributed by atoms with E-state index in [1.165, 1.54) is 77.0 Å². The Bertz CT molecular complexity index is 1720. The Morgan fingerprint density at radius 1 is 0.372 bits per heavy atom. The van der Waals surface area contributed by atoms with Gasteiger partial charge in [-0.25, -0.2) is 4.57 Å². The van der Waals surface area contributed by atoms with E-state index in [4.69, 9.17) is 23.3 Å². The van der Waals surface area contributed by atoms with Gasteiger partial charge in [0.2, 0.25) is 0 Å². The number of phosphoric acid groups is 1. The van der Waals surface area contributed by atoms with Gasteiger partial charge in [0.05, 0.1) is 19.8 Å². The highest BCUT2D eigenvalue weighted by atomic mass is 31.2. The van der Waals surface area contributed by atoms with Gasteiger partial charge in [0.1, 0.15) is 12.7 Å². The molecule has 0 bridgehead atoms. The predicted molar refractivity (Wildman–Crippen MR) is 325 cm³/mol. The smallest absolute Gasteiger partial charge is 0.462 e. The van der Waals surface area contributed by atoms with Crippen molar-refractivity contribution >= 4 is 25.7 Å². The number of rotatable bonds is 56. The van der Waals surface area contributed by atoms with Gasteiger partial charge in [0.25, 0.3) is 0 Å². The molecular weight excluding hydrogens is 1000 g/mol. The van der Waals surface area contributed by atoms with Crippen LogP contribution in [-0.2, 0) is 42.2 Å². The normalized spacial score (nSPS) is 14.1. The maximum atomic E-state index is 12.9. The molecule has 78 heavy (non-hydrogen) atoms. The molecule has 0 aromatic carbocycles. The van der Waals surface area contributed by atoms with Crippen molar-refractivity contribution in [1.29, 1.82) is 0 Å². The van der Waals surface area contributed by atoms with E-state index in [1.54, 1.807) is 0 Å². The highest BCUT2D eigenvalue weighted by Crippen LogP contribution is 2.43. The van der Waals surface area contributed by atoms with Crippen molar-refractivity contribution in [2.45, 2.75) is 264 Å². The molecule has 2 N–H and O–H groups in total. The average molecular weight is 1110 g/mol. The standard InChI is InChI=1S/C66H111O11P/c1-4-7-10-13-16-19-22-25-28-30-31-33-36-39-42-45-48-51-54-57-66(70)77-63(59-73-64(68)55-52-49-46-43-40-37-34-27-24-21-18-15-12-9-6-3)61-75-78(71,72)74-60-62(58-67)76-65(69)56-53-50-47-44-41-38-35-32-29-26-23-20-17-14-11-8-5-2/h8,11,16-21,25-29,34-35,38,44,47,62-63,67H,4-7,9-10,12-15,22-24,30-33,36-37,39-43,45-46,48-61H2,1-3H3,(H,71,72)/b11-8-,19-16-,20-17-,21-18-,28-25-,29-26-,34-27-,38-35-,47-44-. The molecule has 0 heterocycles. The Labute approximate surface area is 475 Å². The molecule has 0 fully saturated rings. The van der Waals surface area contributed by atoms with Gasteiger partial charge in [0, 0.05) is 19.3 Å². The van der Waals surface area contributed by atoms with E-state index in [1.807, 2.05) is 12.2 Å². The summed E-state index contributed by atoms with van der Waals surface area (Å²) in [7, 11) is -4.78. The number of esters is 3. The number of aliphatic hydroxyl groups excluding tert-OH is 1. The Kier molecular flexibility index (Phi) is 56.3. The minimum absolute atomic E-state index is 0.0932. The lowest BCUT2D eigenvalue weighted by Crippen LogP contribution is -2.30. The van der Waals surface area contributed by atoms with Crippen molar-refractivity contribution in [3.63, 3.8) is 0 Å². The molecule has 3 unspecified atom stereocenters. The number of hydrogen-bond donors (Lipinski definition) is 2. The second kappa shape index (κ2) is 59.3. The van der Waals surface area contributed by atoms with Crippen molar-refractivity contribution < 1.29 is 52.2 Å². The lowest BCUT2D eigenvalue weighted by Gasteiger charge is -2.21. The summed E-state index contributed by atoms with van der Waals surface area (Å²) >= 11 is 0. The van der Waals surface area contributed by atoms with E-state index in [0.29, 0.717) is 25.7 Å². The number of hydrogen-bond acceptors (Lipinski definition) is 10. The van der Waals surface area contributed by atoms with Gasteiger partial charge in [-0.2, -0.15) is 0 Å². The van der Waals surface area contributed by atoms with Crippen LogP contribution < -0.4 is 0 Å². The molecule has 0 aromatic heterocycles. The lowest BCUT2D eigenvalue weighted by atomic mass is 10.1. The summed E-state index contributed by atoms with van der Waals surface area (Å²) in [5, 5.41) is 9.83. The summed E-state index contributed by atoms with van der Waals surface area (Å²) in [5.74, 6) is -1.55. The fourth-order valence-electron chi connectivity index (χ4n) is 7.98. The first-order chi connectivity index (χ1) is 38.2. The van der Waals surface area contributed by atoms with Gasteiger partial charge in [0.15, 0.2) is 6.10 Å². The van der Waals surface area contributed by atoms with Crippen LogP contribution in [0.25, 0.3) is 0 Å². The molecule has 0 aliphatic carbocycles. The molecule has 0 saturated carbocycles. The number of carbonyl (C=O) groups excluding carboxylic acids is 3. The zero-order valence-electron chi connectivity index (χ0n) is 49.3. The number of unbranched alkanes of at least 4 members (excludes halogenated alkanes) is 21. The third-order valence-corrected chi connectivity index (χ3v) is 13.6. The molecule has 446 valence electrons. The highest BCUT2D eigenvalue weighted by Gasteiger charge is 2.28. The molecule has 0 aliphatic rings. The molecule has 0 saturated heterocycles. The van der Waals surface area contributed by atoms with Crippen LogP contribution in [0.3, 0.4) is 0 Å². The molecule has 0 rings (SSSR count). The molecule has 0 radical (unpaired) electrons. The quantitative estimate of drug-likeness (QED) is 0.0197. The maximum absolute atomic E-state index is 12.9. The predicted octanol–water partition coefficient (Wildman–Crippen LogP) is 18.6. The van der Waals surface area contributed by atoms with E-state index in [2.05, 4.69) is 118 Å². The SMILES string of the molecule is CC/C=C\C/C=C\C/C=C\C/C=C\C/C=C\CCCC(=O)OC(CO)COP(=O)(O)OCC(COC(=O)CCCCCCC/C=C\C/C=C\CCCCC)OC(=O)CCCCCCCCCCC/C=C\C/C=C\CCCCC. The largest absolute Gasteiger partial charge is 0.472 e. The third kappa shape index (κ3) is 56.8. The molecule has 0 amide bonds. The minimum atomic E-state index is -4.78. The van der Waals surface area contributed by atoms with Gasteiger partial charge in [-0.15, -0.1) is 0 Å². The van der Waals surface area contributed by atoms with Crippen LogP contribution in [0.5, 0.6) is 0 Å². The number of carbonyl (C=O) groups is 3. The summed E-state index contributed by atoms with van der Waals surface area (Å²) in [4.78, 5) is 48.7. The van der Waals surface area contributed by atoms with E-state index < -0.39 is 57.8 Å². The molecule has 0 aliphatic heterocycles. The zero-order valence-corrected chi connectivity index (χ0v) is 50.2. The first-order valence-corrected chi connectivity index (χ1v) is 32.3. The number of phosphoric ester groups is 1. The van der Waals surface area contributed by atoms with Gasteiger partial charge in [-0.3, -0.25) is 23.4 Å². The number of aliphatic hydroxyl groups is 1. The lowest BCUT2D eigenvalue weighted by molar-refractivity contribution is -0.161. The van der Waals surface area contributed by atoms with Crippen molar-refractivity contribution in [3.05, 3.63) is 109 Å². The topological polar surface area (TPSA) is 155 Å². The van der Waals surface area contributed by atoms with Crippen LogP contribution in [0.2, 0.25) is 0 Å². The second-order valence-electron chi connectivity index (χ2n) is 20.1. The Morgan fingerprint density at radius 3 is 1.08 bits per heavy atom. The zero-order chi connectivity index (χ0) is 56.9. The maximum Gasteiger partial charge on any atom is 0.472 e. The first-order valence-electron chi connectivity index (χ1n) is 30.8. The third-order valence-electron chi connectivity index (χ3n) is 12.6. The van der Waals surface area contributed by atoms with E-state index >= 15 is 0 Å². The van der Waals surface area contributed by atoms with Crippen LogP contribution in [0.15, 0.2) is 109 Å². The summed E-state index contributed by atoms with van der Waals surface area (Å²) in [6.45, 7) is 4.41. The van der Waals surface area contributed by atoms with Gasteiger partial charge in [-0.1, -0.05) is 220 Å². The minimum Gasteiger partial charge on any atom is -0.462 e. The Hall–Kier alpha value is -3.86. The van der Waals surface area contributed by atoms with Gasteiger partial charge >= 0.3 is 25.7 Å². The fourth-order valence-corrected chi connectivity index (χ4v) is 8.77. The monoisotopic (exact) mass is 1110 g/mol. The summed E-state index contributed by atoms with van der Waals surface area (Å²) in [6, 6.07) is 0. The molecule has 3 atom stereocenters. The van der Waals surface area contributed by atoms with Gasteiger partial charge < -0.3 is 24.2 Å². The van der Waals surface area contributed by atoms with Crippen molar-refractivity contribution in [2.24, 2.45) is 0 Å². The molecule has 0 aromatic rings. The van der Waals surface area contributed by atoms with Crippen LogP contribution in [0.1, 0.15) is 252 Å². The van der Waals surface area contributed by atoms with Crippen molar-refractivity contribution in [1.82, 2.24) is 0 Å². The second-order valence-corrected chi connectivity index (χ2v) is 21.6. The van der Waals surface area contributed by atoms with Gasteiger partial charge in [-0.05, 0) is 122 Å². The summed E-state index contributed by atoms with van der Waals surface area (Å²) in [5.41, 5.74) is 0. The molecule has 0 spiro atoms. The number of ether oxygens (including phenoxy) is 3. The first kappa shape index (κ1) is 74.1. The Balaban J connectivity index is 4.79. The highest BCUT2D eigenvalue weighted by molar-refractivity contribution is 7.47. The van der Waals surface area contributed by atoms with E-state index in [9.17, 15) is 28.9 Å². The van der Waals surface area contributed by atoms with Crippen molar-refractivity contribution in [2.75, 3.05) is 26.4 Å². The Morgan fingerprint density at radius 2 is 0.679 bits per heavy atom. The summed E-state index contributed by atoms with van der Waals surface area (Å²) in [6.07, 6.45) is 71.9. The van der Waals surface area contributed by atoms with Crippen molar-refractivity contribution in [3.8, 4) is 0 Å². The fraction of sp³-hybridized carbons (Fsp3) is 0.682. The van der Waals surface area contributed by atoms with Crippen LogP contribution >= 0.6 is 7.82 Å². The van der Waals surface area contributed by atoms with Crippen LogP contribution in [0.4, 0.5) is 0 Å². The molecular formula is C66H111O11P. The van der Waals surface area contributed by atoms with E-state index in [-0.39, 0.29) is 25.9 Å². The van der Waals surface area contributed by atoms with Crippen LogP contribution in [-0.4, -0.2) is 66.5 Å². The van der Waals surface area contributed by atoms with E-state index in [0.717, 1.165) is 109 Å². The van der Waals surface area contributed by atoms with Crippen LogP contribution in [0, 0.1) is 0 Å². The molecule has 12 heteroatoms. The average Bonchev–Trinajstić information content (AvgIpc) is 3.43. The number of allylic oxidation sites excluding steroid dienone is 18. The molecule has 11 nitrogen and oxygen atoms in total.